The summed E-state index contributed by atoms with van der Waals surface area (Å²) in [7, 11) is 0. The average Bonchev–Trinajstić information content (AvgIpc) is 3.04. The molecule has 20 heavy (non-hydrogen) atoms. The number of benzene rings is 1. The monoisotopic (exact) mass is 280 g/mol. The lowest BCUT2D eigenvalue weighted by Gasteiger charge is -2.21. The van der Waals surface area contributed by atoms with Crippen molar-refractivity contribution in [3.05, 3.63) is 29.3 Å². The summed E-state index contributed by atoms with van der Waals surface area (Å²) >= 11 is 0. The molecule has 2 fully saturated rings. The molecule has 3 N–H and O–H groups in total. The minimum atomic E-state index is -0.893. The van der Waals surface area contributed by atoms with Crippen LogP contribution >= 0.6 is 0 Å². The number of hydrogen-bond acceptors (Lipinski definition) is 2. The van der Waals surface area contributed by atoms with Crippen LogP contribution in [0.4, 0.5) is 14.5 Å². The highest BCUT2D eigenvalue weighted by Crippen LogP contribution is 2.47. The van der Waals surface area contributed by atoms with Gasteiger partial charge in [-0.15, -0.1) is 0 Å². The second-order valence-electron chi connectivity index (χ2n) is 6.00. The summed E-state index contributed by atoms with van der Waals surface area (Å²) in [5.74, 6) is -0.189. The molecule has 1 aromatic rings. The van der Waals surface area contributed by atoms with Crippen molar-refractivity contribution < 1.29 is 13.6 Å². The first kappa shape index (κ1) is 13.3. The Labute approximate surface area is 116 Å². The standard InChI is InChI=1S/C15H18F2N2O/c16-12-5-10(6-13(17)14(12)18)15(20)19-7-11-4-8-1-2-9(11)3-8/h5-6,8-9,11H,1-4,7,18H2,(H,19,20). The molecule has 0 aliphatic heterocycles. The Hall–Kier alpha value is -1.65. The number of nitrogens with one attached hydrogen (secondary N) is 1. The van der Waals surface area contributed by atoms with Gasteiger partial charge in [0.2, 0.25) is 0 Å². The molecule has 3 atom stereocenters. The maximum atomic E-state index is 13.3. The molecule has 5 heteroatoms. The van der Waals surface area contributed by atoms with Crippen molar-refractivity contribution in [1.82, 2.24) is 5.32 Å². The maximum Gasteiger partial charge on any atom is 0.251 e. The van der Waals surface area contributed by atoms with Crippen LogP contribution in [0.15, 0.2) is 12.1 Å². The Bertz CT molecular complexity index is 524. The average molecular weight is 280 g/mol. The fourth-order valence-electron chi connectivity index (χ4n) is 3.67. The van der Waals surface area contributed by atoms with Crippen LogP contribution in [0.25, 0.3) is 0 Å². The first-order valence-electron chi connectivity index (χ1n) is 7.07. The zero-order chi connectivity index (χ0) is 14.3. The molecule has 1 aromatic carbocycles. The van der Waals surface area contributed by atoms with Crippen molar-refractivity contribution in [3.8, 4) is 0 Å². The van der Waals surface area contributed by atoms with Crippen LogP contribution in [0, 0.1) is 29.4 Å². The molecule has 3 rings (SSSR count). The van der Waals surface area contributed by atoms with E-state index in [1.54, 1.807) is 0 Å². The number of nitrogens with two attached hydrogens (primary N) is 1. The Morgan fingerprint density at radius 1 is 1.25 bits per heavy atom. The Balaban J connectivity index is 1.62. The van der Waals surface area contributed by atoms with Crippen LogP contribution in [0.1, 0.15) is 36.0 Å². The summed E-state index contributed by atoms with van der Waals surface area (Å²) in [4.78, 5) is 11.9. The number of hydrogen-bond donors (Lipinski definition) is 2. The Morgan fingerprint density at radius 3 is 2.50 bits per heavy atom. The second-order valence-corrected chi connectivity index (χ2v) is 6.00. The largest absolute Gasteiger partial charge is 0.394 e. The number of anilines is 1. The molecule has 3 nitrogen and oxygen atoms in total. The smallest absolute Gasteiger partial charge is 0.251 e. The molecule has 2 aliphatic carbocycles. The third kappa shape index (κ3) is 2.37. The van der Waals surface area contributed by atoms with E-state index in [2.05, 4.69) is 5.32 Å². The number of nitrogen functional groups attached to an aromatic ring is 1. The molecule has 0 saturated heterocycles. The summed E-state index contributed by atoms with van der Waals surface area (Å²) in [6, 6.07) is 1.96. The molecule has 2 aliphatic rings. The summed E-state index contributed by atoms with van der Waals surface area (Å²) < 4.78 is 26.6. The summed E-state index contributed by atoms with van der Waals surface area (Å²) in [6.07, 6.45) is 4.99. The van der Waals surface area contributed by atoms with E-state index in [1.165, 1.54) is 19.3 Å². The molecular formula is C15H18F2N2O. The van der Waals surface area contributed by atoms with Gasteiger partial charge in [0.25, 0.3) is 5.91 Å². The van der Waals surface area contributed by atoms with E-state index in [9.17, 15) is 13.6 Å². The Morgan fingerprint density at radius 2 is 1.95 bits per heavy atom. The lowest BCUT2D eigenvalue weighted by atomic mass is 9.89. The van der Waals surface area contributed by atoms with E-state index in [-0.39, 0.29) is 5.56 Å². The molecule has 0 aromatic heterocycles. The molecule has 0 spiro atoms. The van der Waals surface area contributed by atoms with E-state index >= 15 is 0 Å². The summed E-state index contributed by atoms with van der Waals surface area (Å²) in [5, 5.41) is 2.79. The van der Waals surface area contributed by atoms with Gasteiger partial charge >= 0.3 is 0 Å². The van der Waals surface area contributed by atoms with Crippen LogP contribution in [0.3, 0.4) is 0 Å². The van der Waals surface area contributed by atoms with Crippen molar-refractivity contribution in [2.75, 3.05) is 12.3 Å². The van der Waals surface area contributed by atoms with E-state index < -0.39 is 23.2 Å². The third-order valence-electron chi connectivity index (χ3n) is 4.75. The zero-order valence-electron chi connectivity index (χ0n) is 11.2. The van der Waals surface area contributed by atoms with Crippen LogP contribution in [-0.4, -0.2) is 12.5 Å². The SMILES string of the molecule is Nc1c(F)cc(C(=O)NCC2CC3CCC2C3)cc1F. The van der Waals surface area contributed by atoms with Crippen LogP contribution < -0.4 is 11.1 Å². The fourth-order valence-corrected chi connectivity index (χ4v) is 3.67. The summed E-state index contributed by atoms with van der Waals surface area (Å²) in [6.45, 7) is 0.591. The second kappa shape index (κ2) is 5.04. The quantitative estimate of drug-likeness (QED) is 0.836. The highest BCUT2D eigenvalue weighted by Gasteiger charge is 2.39. The van der Waals surface area contributed by atoms with Gasteiger partial charge in [-0.2, -0.15) is 0 Å². The van der Waals surface area contributed by atoms with Crippen LogP contribution in [-0.2, 0) is 0 Å². The van der Waals surface area contributed by atoms with Gasteiger partial charge in [0.15, 0.2) is 0 Å². The number of halogens is 2. The van der Waals surface area contributed by atoms with Crippen molar-refractivity contribution >= 4 is 11.6 Å². The zero-order valence-corrected chi connectivity index (χ0v) is 11.2. The van der Waals surface area contributed by atoms with Gasteiger partial charge in [-0.25, -0.2) is 8.78 Å². The van der Waals surface area contributed by atoms with Crippen molar-refractivity contribution in [1.29, 1.82) is 0 Å². The number of amides is 1. The van der Waals surface area contributed by atoms with Crippen LogP contribution in [0.5, 0.6) is 0 Å². The maximum absolute atomic E-state index is 13.3. The molecule has 2 bridgehead atoms. The van der Waals surface area contributed by atoms with Crippen molar-refractivity contribution in [2.45, 2.75) is 25.7 Å². The third-order valence-corrected chi connectivity index (χ3v) is 4.75. The van der Waals surface area contributed by atoms with Gasteiger partial charge in [0.05, 0.1) is 0 Å². The molecule has 0 heterocycles. The number of rotatable bonds is 3. The predicted octanol–water partition coefficient (Wildman–Crippen LogP) is 2.71. The number of fused-ring (bicyclic) bond motifs is 2. The highest BCUT2D eigenvalue weighted by molar-refractivity contribution is 5.94. The normalized spacial score (nSPS) is 27.8. The van der Waals surface area contributed by atoms with Gasteiger partial charge in [-0.3, -0.25) is 4.79 Å². The predicted molar refractivity (Wildman–Crippen MR) is 72.0 cm³/mol. The molecule has 1 amide bonds. The fraction of sp³-hybridized carbons (Fsp3) is 0.533. The molecule has 108 valence electrons. The van der Waals surface area contributed by atoms with Gasteiger partial charge in [-0.05, 0) is 49.1 Å². The van der Waals surface area contributed by atoms with Gasteiger partial charge in [-0.1, -0.05) is 6.42 Å². The Kier molecular flexibility index (Phi) is 3.36. The molecule has 0 radical (unpaired) electrons. The molecule has 2 saturated carbocycles. The minimum absolute atomic E-state index is 0.0163. The van der Waals surface area contributed by atoms with Crippen LogP contribution in [0.2, 0.25) is 0 Å². The number of carbonyl (C=O) groups excluding carboxylic acids is 1. The molecule has 3 unspecified atom stereocenters. The van der Waals surface area contributed by atoms with E-state index in [0.29, 0.717) is 18.4 Å². The molecular weight excluding hydrogens is 262 g/mol. The van der Waals surface area contributed by atoms with Crippen molar-refractivity contribution in [3.63, 3.8) is 0 Å². The van der Waals surface area contributed by atoms with E-state index in [4.69, 9.17) is 5.73 Å². The van der Waals surface area contributed by atoms with E-state index in [1.807, 2.05) is 0 Å². The van der Waals surface area contributed by atoms with Gasteiger partial charge < -0.3 is 11.1 Å². The van der Waals surface area contributed by atoms with Gasteiger partial charge in [0.1, 0.15) is 17.3 Å². The highest BCUT2D eigenvalue weighted by atomic mass is 19.1. The topological polar surface area (TPSA) is 55.1 Å². The van der Waals surface area contributed by atoms with E-state index in [0.717, 1.165) is 24.5 Å². The minimum Gasteiger partial charge on any atom is -0.394 e. The number of carbonyl (C=O) groups is 1. The first-order chi connectivity index (χ1) is 9.54. The summed E-state index contributed by atoms with van der Waals surface area (Å²) in [5.41, 5.74) is 4.62. The van der Waals surface area contributed by atoms with Crippen molar-refractivity contribution in [2.24, 2.45) is 17.8 Å². The lowest BCUT2D eigenvalue weighted by Crippen LogP contribution is -2.31. The van der Waals surface area contributed by atoms with Gasteiger partial charge in [0, 0.05) is 12.1 Å². The first-order valence-corrected chi connectivity index (χ1v) is 7.07. The lowest BCUT2D eigenvalue weighted by molar-refractivity contribution is 0.0941.